The van der Waals surface area contributed by atoms with E-state index in [1.807, 2.05) is 0 Å². The van der Waals surface area contributed by atoms with E-state index in [4.69, 9.17) is 0 Å². The van der Waals surface area contributed by atoms with Crippen LogP contribution in [0, 0.1) is 0 Å². The molecule has 0 amide bonds. The van der Waals surface area contributed by atoms with Crippen LogP contribution in [0.3, 0.4) is 0 Å². The molecule has 5 nitrogen and oxygen atoms in total. The van der Waals surface area contributed by atoms with E-state index in [0.29, 0.717) is 11.0 Å². The van der Waals surface area contributed by atoms with Crippen molar-refractivity contribution in [3.63, 3.8) is 0 Å². The summed E-state index contributed by atoms with van der Waals surface area (Å²) in [5.74, 6) is -0.344. The second-order valence-corrected chi connectivity index (χ2v) is 3.43. The Morgan fingerprint density at radius 1 is 1.47 bits per heavy atom. The third kappa shape index (κ3) is 1.32. The van der Waals surface area contributed by atoms with Crippen LogP contribution in [0.15, 0.2) is 16.9 Å². The first-order valence-corrected chi connectivity index (χ1v) is 4.43. The van der Waals surface area contributed by atoms with E-state index in [1.165, 1.54) is 23.6 Å². The first-order chi connectivity index (χ1) is 7.00. The van der Waals surface area contributed by atoms with E-state index in [0.717, 1.165) is 0 Å². The van der Waals surface area contributed by atoms with E-state index >= 15 is 0 Å². The fourth-order valence-corrected chi connectivity index (χ4v) is 1.55. The molecule has 0 atom stereocenters. The predicted molar refractivity (Wildman–Crippen MR) is 55.2 cm³/mol. The molecule has 5 heteroatoms. The number of phenolic OH excluding ortho intramolecular Hbond substituents is 1. The molecular formula is C10H10N2O3. The minimum Gasteiger partial charge on any atom is -0.507 e. The number of benzene rings is 1. The van der Waals surface area contributed by atoms with Gasteiger partial charge in [-0.3, -0.25) is 9.36 Å². The Hall–Kier alpha value is -2.04. The van der Waals surface area contributed by atoms with Crippen molar-refractivity contribution >= 4 is 16.8 Å². The zero-order valence-corrected chi connectivity index (χ0v) is 8.37. The van der Waals surface area contributed by atoms with Gasteiger partial charge in [0.2, 0.25) is 0 Å². The van der Waals surface area contributed by atoms with Gasteiger partial charge in [0.1, 0.15) is 5.75 Å². The number of nitrogens with one attached hydrogen (secondary N) is 1. The van der Waals surface area contributed by atoms with Gasteiger partial charge in [0, 0.05) is 13.1 Å². The summed E-state index contributed by atoms with van der Waals surface area (Å²) in [6, 6.07) is 2.89. The van der Waals surface area contributed by atoms with E-state index < -0.39 is 0 Å². The standard InChI is InChI=1S/C10H10N2O3/c1-5(13)6-3-7-8(4-9(6)14)12(2)10(15)11-7/h3-4,14H,1-2H3,(H,11,15). The van der Waals surface area contributed by atoms with Gasteiger partial charge in [-0.05, 0) is 13.0 Å². The number of aryl methyl sites for hydroxylation is 1. The molecule has 0 aliphatic rings. The third-order valence-electron chi connectivity index (χ3n) is 2.40. The van der Waals surface area contributed by atoms with Crippen LogP contribution < -0.4 is 5.69 Å². The van der Waals surface area contributed by atoms with Crippen molar-refractivity contribution in [1.82, 2.24) is 9.55 Å². The Balaban J connectivity index is 2.88. The van der Waals surface area contributed by atoms with Gasteiger partial charge < -0.3 is 10.1 Å². The van der Waals surface area contributed by atoms with Gasteiger partial charge in [-0.1, -0.05) is 0 Å². The molecule has 0 bridgehead atoms. The number of hydrogen-bond donors (Lipinski definition) is 2. The summed E-state index contributed by atoms with van der Waals surface area (Å²) in [5.41, 5.74) is 1.06. The first kappa shape index (κ1) is 9.51. The number of carbonyl (C=O) groups excluding carboxylic acids is 1. The van der Waals surface area contributed by atoms with Gasteiger partial charge in [-0.15, -0.1) is 0 Å². The maximum Gasteiger partial charge on any atom is 0.326 e. The number of carbonyl (C=O) groups is 1. The van der Waals surface area contributed by atoms with Gasteiger partial charge in [-0.25, -0.2) is 4.79 Å². The number of aromatic hydroxyl groups is 1. The van der Waals surface area contributed by atoms with Crippen LogP contribution in [0.2, 0.25) is 0 Å². The number of imidazole rings is 1. The van der Waals surface area contributed by atoms with Crippen molar-refractivity contribution in [2.24, 2.45) is 7.05 Å². The van der Waals surface area contributed by atoms with Gasteiger partial charge in [0.25, 0.3) is 0 Å². The zero-order chi connectivity index (χ0) is 11.2. The van der Waals surface area contributed by atoms with Gasteiger partial charge in [0.05, 0.1) is 16.6 Å². The average Bonchev–Trinajstić information content (AvgIpc) is 2.43. The number of aromatic nitrogens is 2. The van der Waals surface area contributed by atoms with Crippen LogP contribution in [0.25, 0.3) is 11.0 Å². The van der Waals surface area contributed by atoms with E-state index in [9.17, 15) is 14.7 Å². The summed E-state index contributed by atoms with van der Waals surface area (Å²) >= 11 is 0. The maximum atomic E-state index is 11.3. The lowest BCUT2D eigenvalue weighted by atomic mass is 10.1. The largest absolute Gasteiger partial charge is 0.507 e. The molecule has 2 N–H and O–H groups in total. The Bertz CT molecular complexity index is 607. The number of Topliss-reactive ketones (excluding diaryl/α,β-unsaturated/α-hetero) is 1. The van der Waals surface area contributed by atoms with E-state index in [2.05, 4.69) is 4.98 Å². The number of rotatable bonds is 1. The number of phenols is 1. The lowest BCUT2D eigenvalue weighted by molar-refractivity contribution is 0.101. The van der Waals surface area contributed by atoms with Gasteiger partial charge in [0.15, 0.2) is 5.78 Å². The smallest absolute Gasteiger partial charge is 0.326 e. The Morgan fingerprint density at radius 2 is 2.13 bits per heavy atom. The highest BCUT2D eigenvalue weighted by Crippen LogP contribution is 2.23. The lowest BCUT2D eigenvalue weighted by Gasteiger charge is -2.01. The molecule has 1 aromatic heterocycles. The second-order valence-electron chi connectivity index (χ2n) is 3.43. The normalized spacial score (nSPS) is 10.8. The number of aromatic amines is 1. The van der Waals surface area contributed by atoms with Gasteiger partial charge >= 0.3 is 5.69 Å². The van der Waals surface area contributed by atoms with Crippen molar-refractivity contribution in [3.05, 3.63) is 28.2 Å². The van der Waals surface area contributed by atoms with E-state index in [1.54, 1.807) is 7.05 Å². The summed E-state index contributed by atoms with van der Waals surface area (Å²) in [6.07, 6.45) is 0. The fourth-order valence-electron chi connectivity index (χ4n) is 1.55. The molecule has 0 aliphatic heterocycles. The molecule has 0 fully saturated rings. The van der Waals surface area contributed by atoms with Crippen LogP contribution >= 0.6 is 0 Å². The number of nitrogens with zero attached hydrogens (tertiary/aromatic N) is 1. The highest BCUT2D eigenvalue weighted by Gasteiger charge is 2.11. The zero-order valence-electron chi connectivity index (χ0n) is 8.37. The van der Waals surface area contributed by atoms with Gasteiger partial charge in [-0.2, -0.15) is 0 Å². The lowest BCUT2D eigenvalue weighted by Crippen LogP contribution is -2.11. The molecule has 1 heterocycles. The third-order valence-corrected chi connectivity index (χ3v) is 2.40. The molecule has 15 heavy (non-hydrogen) atoms. The van der Waals surface area contributed by atoms with E-state index in [-0.39, 0.29) is 22.8 Å². The first-order valence-electron chi connectivity index (χ1n) is 4.43. The summed E-state index contributed by atoms with van der Waals surface area (Å²) in [6.45, 7) is 1.36. The summed E-state index contributed by atoms with van der Waals surface area (Å²) in [4.78, 5) is 25.0. The van der Waals surface area contributed by atoms with Crippen molar-refractivity contribution in [2.75, 3.05) is 0 Å². The van der Waals surface area contributed by atoms with Crippen LogP contribution in [-0.4, -0.2) is 20.4 Å². The Morgan fingerprint density at radius 3 is 2.73 bits per heavy atom. The Labute approximate surface area is 85.0 Å². The van der Waals surface area contributed by atoms with Crippen LogP contribution in [0.1, 0.15) is 17.3 Å². The van der Waals surface area contributed by atoms with Crippen molar-refractivity contribution < 1.29 is 9.90 Å². The predicted octanol–water partition coefficient (Wildman–Crippen LogP) is 0.775. The minimum absolute atomic E-state index is 0.107. The number of fused-ring (bicyclic) bond motifs is 1. The molecule has 0 radical (unpaired) electrons. The molecular weight excluding hydrogens is 196 g/mol. The molecule has 0 aliphatic carbocycles. The summed E-state index contributed by atoms with van der Waals surface area (Å²) in [7, 11) is 1.59. The molecule has 0 unspecified atom stereocenters. The number of ketones is 1. The number of hydrogen-bond acceptors (Lipinski definition) is 3. The second kappa shape index (κ2) is 2.98. The monoisotopic (exact) mass is 206 g/mol. The molecule has 0 saturated heterocycles. The molecule has 2 aromatic rings. The van der Waals surface area contributed by atoms with Crippen LogP contribution in [0.4, 0.5) is 0 Å². The molecule has 0 spiro atoms. The van der Waals surface area contributed by atoms with Crippen molar-refractivity contribution in [3.8, 4) is 5.75 Å². The molecule has 1 aromatic carbocycles. The molecule has 0 saturated carbocycles. The summed E-state index contributed by atoms with van der Waals surface area (Å²) < 4.78 is 1.37. The van der Waals surface area contributed by atoms with Crippen molar-refractivity contribution in [2.45, 2.75) is 6.92 Å². The topological polar surface area (TPSA) is 75.1 Å². The highest BCUT2D eigenvalue weighted by atomic mass is 16.3. The summed E-state index contributed by atoms with van der Waals surface area (Å²) in [5, 5.41) is 9.56. The minimum atomic E-state index is -0.273. The molecule has 2 rings (SSSR count). The van der Waals surface area contributed by atoms with Crippen molar-refractivity contribution in [1.29, 1.82) is 0 Å². The average molecular weight is 206 g/mol. The molecule has 78 valence electrons. The highest BCUT2D eigenvalue weighted by molar-refractivity contribution is 6.00. The SMILES string of the molecule is CC(=O)c1cc2[nH]c(=O)n(C)c2cc1O. The fraction of sp³-hybridized carbons (Fsp3) is 0.200. The van der Waals surface area contributed by atoms with Crippen LogP contribution in [-0.2, 0) is 7.05 Å². The number of H-pyrrole nitrogens is 1. The quantitative estimate of drug-likeness (QED) is 0.677. The Kier molecular flexibility index (Phi) is 1.89. The maximum absolute atomic E-state index is 11.3. The van der Waals surface area contributed by atoms with Crippen LogP contribution in [0.5, 0.6) is 5.75 Å².